The van der Waals surface area contributed by atoms with Crippen LogP contribution in [-0.4, -0.2) is 78.6 Å². The quantitative estimate of drug-likeness (QED) is 0.770. The highest BCUT2D eigenvalue weighted by atomic mass is 16.5. The average Bonchev–Trinajstić information content (AvgIpc) is 2.69. The lowest BCUT2D eigenvalue weighted by Crippen LogP contribution is -2.39. The van der Waals surface area contributed by atoms with Gasteiger partial charge >= 0.3 is 0 Å². The van der Waals surface area contributed by atoms with Crippen molar-refractivity contribution in [2.24, 2.45) is 0 Å². The molecule has 2 aromatic rings. The van der Waals surface area contributed by atoms with E-state index in [0.29, 0.717) is 36.6 Å². The van der Waals surface area contributed by atoms with E-state index in [0.717, 1.165) is 45.9 Å². The largest absolute Gasteiger partial charge is 0.379 e. The lowest BCUT2D eigenvalue weighted by molar-refractivity contribution is 0.0363. The highest BCUT2D eigenvalue weighted by Gasteiger charge is 2.15. The first-order valence-corrected chi connectivity index (χ1v) is 8.80. The fourth-order valence-electron chi connectivity index (χ4n) is 3.23. The summed E-state index contributed by atoms with van der Waals surface area (Å²) in [7, 11) is 0. The molecule has 0 unspecified atom stereocenters. The highest BCUT2D eigenvalue weighted by molar-refractivity contribution is 5.77. The van der Waals surface area contributed by atoms with Crippen molar-refractivity contribution in [1.82, 2.24) is 19.4 Å². The Morgan fingerprint density at radius 2 is 1.72 bits per heavy atom. The van der Waals surface area contributed by atoms with Crippen LogP contribution in [0.1, 0.15) is 0 Å². The van der Waals surface area contributed by atoms with Crippen LogP contribution in [0.25, 0.3) is 10.9 Å². The number of fused-ring (bicyclic) bond motifs is 1. The van der Waals surface area contributed by atoms with Crippen LogP contribution in [0.15, 0.2) is 23.3 Å². The highest BCUT2D eigenvalue weighted by Crippen LogP contribution is 2.13. The third-order valence-corrected chi connectivity index (χ3v) is 4.76. The molecule has 25 heavy (non-hydrogen) atoms. The Morgan fingerprint density at radius 1 is 1.00 bits per heavy atom. The number of hydrogen-bond donors (Lipinski definition) is 0. The molecule has 0 atom stereocenters. The molecule has 0 aliphatic carbocycles. The Labute approximate surface area is 146 Å². The fraction of sp³-hybridized carbons (Fsp3) is 0.588. The number of hydrogen-bond acceptors (Lipinski definition) is 7. The van der Waals surface area contributed by atoms with Gasteiger partial charge < -0.3 is 18.9 Å². The molecule has 2 aliphatic heterocycles. The number of aromatic nitrogens is 3. The predicted octanol–water partition coefficient (Wildman–Crippen LogP) is -0.0397. The van der Waals surface area contributed by atoms with Crippen molar-refractivity contribution in [3.8, 4) is 0 Å². The van der Waals surface area contributed by atoms with E-state index in [1.54, 1.807) is 10.8 Å². The SMILES string of the molecule is O=c1c2cnc(N3CCOCC3)nc2ccn1CCN1CCOCC1. The fourth-order valence-corrected chi connectivity index (χ4v) is 3.23. The number of morpholine rings is 2. The Kier molecular flexibility index (Phi) is 4.91. The van der Waals surface area contributed by atoms with Gasteiger partial charge in [-0.25, -0.2) is 9.97 Å². The van der Waals surface area contributed by atoms with Crippen molar-refractivity contribution >= 4 is 16.9 Å². The van der Waals surface area contributed by atoms with Gasteiger partial charge in [0.05, 0.1) is 37.3 Å². The second-order valence-corrected chi connectivity index (χ2v) is 6.34. The number of rotatable bonds is 4. The monoisotopic (exact) mass is 345 g/mol. The molecule has 0 aromatic carbocycles. The van der Waals surface area contributed by atoms with E-state index in [2.05, 4.69) is 19.8 Å². The minimum Gasteiger partial charge on any atom is -0.379 e. The molecular formula is C17H23N5O3. The lowest BCUT2D eigenvalue weighted by Gasteiger charge is -2.27. The molecule has 2 aromatic heterocycles. The van der Waals surface area contributed by atoms with Gasteiger partial charge in [-0.05, 0) is 6.07 Å². The van der Waals surface area contributed by atoms with Crippen LogP contribution >= 0.6 is 0 Å². The molecule has 2 aliphatic rings. The van der Waals surface area contributed by atoms with Gasteiger partial charge in [-0.15, -0.1) is 0 Å². The molecule has 0 amide bonds. The summed E-state index contributed by atoms with van der Waals surface area (Å²) in [5, 5.41) is 0.571. The van der Waals surface area contributed by atoms with Crippen molar-refractivity contribution in [2.45, 2.75) is 6.54 Å². The third-order valence-electron chi connectivity index (χ3n) is 4.76. The van der Waals surface area contributed by atoms with Crippen LogP contribution < -0.4 is 10.5 Å². The van der Waals surface area contributed by atoms with Gasteiger partial charge in [0.2, 0.25) is 5.95 Å². The van der Waals surface area contributed by atoms with E-state index in [-0.39, 0.29) is 5.56 Å². The Bertz CT molecular complexity index is 781. The molecule has 4 heterocycles. The molecule has 0 saturated carbocycles. The van der Waals surface area contributed by atoms with Crippen LogP contribution in [0, 0.1) is 0 Å². The standard InChI is InChI=1S/C17H23N5O3/c23-16-14-13-18-17(22-7-11-25-12-8-22)19-15(14)1-2-21(16)4-3-20-5-9-24-10-6-20/h1-2,13H,3-12H2. The molecule has 8 nitrogen and oxygen atoms in total. The van der Waals surface area contributed by atoms with Crippen molar-refractivity contribution in [3.05, 3.63) is 28.8 Å². The summed E-state index contributed by atoms with van der Waals surface area (Å²) in [6.07, 6.45) is 3.49. The summed E-state index contributed by atoms with van der Waals surface area (Å²) in [5.74, 6) is 0.668. The van der Waals surface area contributed by atoms with E-state index >= 15 is 0 Å². The molecule has 0 spiro atoms. The number of pyridine rings is 1. The molecule has 8 heteroatoms. The lowest BCUT2D eigenvalue weighted by atomic mass is 10.3. The molecule has 4 rings (SSSR count). The van der Waals surface area contributed by atoms with Crippen molar-refractivity contribution in [1.29, 1.82) is 0 Å². The average molecular weight is 345 g/mol. The van der Waals surface area contributed by atoms with Gasteiger partial charge in [-0.1, -0.05) is 0 Å². The Hall–Kier alpha value is -2.03. The molecule has 0 bridgehead atoms. The first-order valence-electron chi connectivity index (χ1n) is 8.80. The van der Waals surface area contributed by atoms with E-state index in [4.69, 9.17) is 9.47 Å². The summed E-state index contributed by atoms with van der Waals surface area (Å²) in [5.41, 5.74) is 0.670. The minimum absolute atomic E-state index is 0.0284. The number of nitrogens with zero attached hydrogens (tertiary/aromatic N) is 5. The molecule has 0 N–H and O–H groups in total. The van der Waals surface area contributed by atoms with E-state index in [1.807, 2.05) is 12.3 Å². The van der Waals surface area contributed by atoms with Gasteiger partial charge in [0.25, 0.3) is 5.56 Å². The summed E-state index contributed by atoms with van der Waals surface area (Å²) < 4.78 is 12.5. The maximum absolute atomic E-state index is 12.7. The Balaban J connectivity index is 1.52. The zero-order valence-electron chi connectivity index (χ0n) is 14.3. The second kappa shape index (κ2) is 7.47. The summed E-state index contributed by atoms with van der Waals surface area (Å²) in [4.78, 5) is 26.1. The molecule has 2 saturated heterocycles. The topological polar surface area (TPSA) is 72.7 Å². The first kappa shape index (κ1) is 16.4. The zero-order valence-corrected chi connectivity index (χ0v) is 14.3. The van der Waals surface area contributed by atoms with Gasteiger partial charge in [0.15, 0.2) is 0 Å². The summed E-state index contributed by atoms with van der Waals surface area (Å²) in [6.45, 7) is 7.83. The van der Waals surface area contributed by atoms with Gasteiger partial charge in [-0.3, -0.25) is 9.69 Å². The molecule has 2 fully saturated rings. The predicted molar refractivity (Wildman–Crippen MR) is 94.1 cm³/mol. The smallest absolute Gasteiger partial charge is 0.261 e. The maximum atomic E-state index is 12.7. The molecule has 134 valence electrons. The molecular weight excluding hydrogens is 322 g/mol. The molecule has 0 radical (unpaired) electrons. The normalized spacial score (nSPS) is 19.4. The summed E-state index contributed by atoms with van der Waals surface area (Å²) in [6, 6.07) is 1.90. The van der Waals surface area contributed by atoms with E-state index in [1.165, 1.54) is 0 Å². The van der Waals surface area contributed by atoms with Crippen LogP contribution in [0.4, 0.5) is 5.95 Å². The maximum Gasteiger partial charge on any atom is 0.261 e. The van der Waals surface area contributed by atoms with Gasteiger partial charge in [0, 0.05) is 51.7 Å². The van der Waals surface area contributed by atoms with Gasteiger partial charge in [-0.2, -0.15) is 0 Å². The van der Waals surface area contributed by atoms with Crippen molar-refractivity contribution < 1.29 is 9.47 Å². The minimum atomic E-state index is -0.0284. The number of anilines is 1. The first-order chi connectivity index (χ1) is 12.3. The van der Waals surface area contributed by atoms with Crippen LogP contribution in [0.5, 0.6) is 0 Å². The van der Waals surface area contributed by atoms with Crippen LogP contribution in [0.3, 0.4) is 0 Å². The zero-order chi connectivity index (χ0) is 17.1. The van der Waals surface area contributed by atoms with E-state index < -0.39 is 0 Å². The van der Waals surface area contributed by atoms with Crippen molar-refractivity contribution in [3.63, 3.8) is 0 Å². The Morgan fingerprint density at radius 3 is 2.48 bits per heavy atom. The van der Waals surface area contributed by atoms with Crippen LogP contribution in [0.2, 0.25) is 0 Å². The number of ether oxygens (including phenoxy) is 2. The third kappa shape index (κ3) is 3.65. The van der Waals surface area contributed by atoms with Crippen LogP contribution in [-0.2, 0) is 16.0 Å². The second-order valence-electron chi connectivity index (χ2n) is 6.34. The van der Waals surface area contributed by atoms with Crippen molar-refractivity contribution in [2.75, 3.05) is 64.1 Å². The van der Waals surface area contributed by atoms with E-state index in [9.17, 15) is 4.79 Å². The summed E-state index contributed by atoms with van der Waals surface area (Å²) >= 11 is 0. The van der Waals surface area contributed by atoms with Gasteiger partial charge in [0.1, 0.15) is 0 Å².